The average Bonchev–Trinajstić information content (AvgIpc) is 2.72. The second-order valence-corrected chi connectivity index (χ2v) is 10.2. The van der Waals surface area contributed by atoms with Crippen LogP contribution in [0.15, 0.2) is 0 Å². The van der Waals surface area contributed by atoms with E-state index in [1.807, 2.05) is 0 Å². The van der Waals surface area contributed by atoms with Gasteiger partial charge in [-0.2, -0.15) is 0 Å². The van der Waals surface area contributed by atoms with E-state index in [0.717, 1.165) is 51.4 Å². The van der Waals surface area contributed by atoms with Gasteiger partial charge in [-0.3, -0.25) is 19.2 Å². The lowest BCUT2D eigenvalue weighted by molar-refractivity contribution is -0.194. The third-order valence-electron chi connectivity index (χ3n) is 6.44. The molecule has 0 aromatic heterocycles. The summed E-state index contributed by atoms with van der Waals surface area (Å²) in [6.07, 6.45) is 11.2. The molecule has 0 saturated carbocycles. The minimum atomic E-state index is -0.428. The van der Waals surface area contributed by atoms with Crippen LogP contribution in [0.2, 0.25) is 0 Å². The van der Waals surface area contributed by atoms with Gasteiger partial charge in [-0.05, 0) is 31.6 Å². The van der Waals surface area contributed by atoms with Crippen molar-refractivity contribution in [1.29, 1.82) is 0 Å². The quantitative estimate of drug-likeness (QED) is 0.159. The fraction of sp³-hybridized carbons (Fsp3) is 0.852. The molecule has 1 fully saturated rings. The molecule has 1 aliphatic rings. The van der Waals surface area contributed by atoms with Gasteiger partial charge in [0.05, 0.1) is 6.04 Å². The summed E-state index contributed by atoms with van der Waals surface area (Å²) in [5.41, 5.74) is 0. The molecule has 1 amide bonds. The van der Waals surface area contributed by atoms with E-state index in [0.29, 0.717) is 5.92 Å². The van der Waals surface area contributed by atoms with Gasteiger partial charge in [-0.25, -0.2) is 0 Å². The zero-order valence-electron chi connectivity index (χ0n) is 22.7. The van der Waals surface area contributed by atoms with Crippen LogP contribution in [0.25, 0.3) is 0 Å². The summed E-state index contributed by atoms with van der Waals surface area (Å²) in [6.45, 7) is 10.00. The van der Waals surface area contributed by atoms with E-state index in [-0.39, 0.29) is 36.6 Å². The molecule has 35 heavy (non-hydrogen) atoms. The summed E-state index contributed by atoms with van der Waals surface area (Å²) in [5, 5.41) is 0. The Morgan fingerprint density at radius 2 is 1.31 bits per heavy atom. The van der Waals surface area contributed by atoms with E-state index in [1.165, 1.54) is 47.0 Å². The van der Waals surface area contributed by atoms with Crippen LogP contribution in [0.1, 0.15) is 112 Å². The molecule has 0 aromatic carbocycles. The molecule has 1 heterocycles. The van der Waals surface area contributed by atoms with Crippen LogP contribution in [0, 0.1) is 5.92 Å². The minimum Gasteiger partial charge on any atom is -0.464 e. The number of amides is 1. The summed E-state index contributed by atoms with van der Waals surface area (Å²) in [7, 11) is 0. The van der Waals surface area contributed by atoms with Gasteiger partial charge in [-0.1, -0.05) is 58.8 Å². The molecule has 0 unspecified atom stereocenters. The Morgan fingerprint density at radius 1 is 0.743 bits per heavy atom. The molecule has 0 spiro atoms. The first-order valence-corrected chi connectivity index (χ1v) is 13.3. The number of unbranched alkanes of at least 4 members (excludes halogenated alkanes) is 7. The van der Waals surface area contributed by atoms with E-state index in [1.54, 1.807) is 4.90 Å². The van der Waals surface area contributed by atoms with Gasteiger partial charge in [0.25, 0.3) is 0 Å². The predicted octanol–water partition coefficient (Wildman–Crippen LogP) is 4.96. The fourth-order valence-electron chi connectivity index (χ4n) is 4.99. The molecule has 0 bridgehead atoms. The topological polar surface area (TPSA) is 99.2 Å². The molecule has 8 heteroatoms. The highest BCUT2D eigenvalue weighted by Crippen LogP contribution is 2.33. The number of carbonyl (C=O) groups is 4. The molecule has 1 saturated heterocycles. The molecule has 0 N–H and O–H groups in total. The zero-order valence-corrected chi connectivity index (χ0v) is 22.7. The van der Waals surface area contributed by atoms with Crippen molar-refractivity contribution in [2.75, 3.05) is 6.61 Å². The van der Waals surface area contributed by atoms with Crippen molar-refractivity contribution < 1.29 is 33.4 Å². The maximum Gasteiger partial charge on any atom is 0.303 e. The first kappa shape index (κ1) is 30.9. The lowest BCUT2D eigenvalue weighted by Crippen LogP contribution is -2.71. The van der Waals surface area contributed by atoms with Crippen LogP contribution in [-0.2, 0) is 33.4 Å². The zero-order chi connectivity index (χ0) is 26.4. The Morgan fingerprint density at radius 3 is 1.80 bits per heavy atom. The third kappa shape index (κ3) is 12.4. The van der Waals surface area contributed by atoms with Gasteiger partial charge in [0.15, 0.2) is 0 Å². The van der Waals surface area contributed by atoms with E-state index in [4.69, 9.17) is 14.2 Å². The summed E-state index contributed by atoms with van der Waals surface area (Å²) in [6, 6.07) is -0.570. The van der Waals surface area contributed by atoms with Crippen molar-refractivity contribution in [2.24, 2.45) is 5.92 Å². The molecule has 4 atom stereocenters. The Hall–Kier alpha value is -2.12. The highest BCUT2D eigenvalue weighted by Gasteiger charge is 2.52. The molecule has 1 rings (SSSR count). The van der Waals surface area contributed by atoms with E-state index < -0.39 is 18.1 Å². The first-order chi connectivity index (χ1) is 16.5. The van der Waals surface area contributed by atoms with Crippen LogP contribution >= 0.6 is 0 Å². The van der Waals surface area contributed by atoms with Crippen LogP contribution in [0.3, 0.4) is 0 Å². The number of esters is 3. The average molecular weight is 498 g/mol. The number of ether oxygens (including phenoxy) is 3. The van der Waals surface area contributed by atoms with Gasteiger partial charge < -0.3 is 19.1 Å². The summed E-state index contributed by atoms with van der Waals surface area (Å²) in [5.74, 6) is -0.577. The molecular formula is C27H47NO7. The fourth-order valence-corrected chi connectivity index (χ4v) is 4.99. The summed E-state index contributed by atoms with van der Waals surface area (Å²) < 4.78 is 16.0. The molecule has 202 valence electrons. The van der Waals surface area contributed by atoms with Crippen LogP contribution in [-0.4, -0.2) is 59.6 Å². The Balaban J connectivity index is 2.26. The monoisotopic (exact) mass is 497 g/mol. The summed E-state index contributed by atoms with van der Waals surface area (Å²) in [4.78, 5) is 47.8. The van der Waals surface area contributed by atoms with Gasteiger partial charge in [0.2, 0.25) is 5.91 Å². The van der Waals surface area contributed by atoms with Crippen LogP contribution < -0.4 is 0 Å². The second-order valence-electron chi connectivity index (χ2n) is 10.2. The van der Waals surface area contributed by atoms with Crippen molar-refractivity contribution >= 4 is 23.8 Å². The Bertz CT molecular complexity index is 678. The molecular weight excluding hydrogens is 450 g/mol. The number of likely N-dealkylation sites (tertiary alicyclic amines) is 1. The van der Waals surface area contributed by atoms with Crippen molar-refractivity contribution in [3.8, 4) is 0 Å². The van der Waals surface area contributed by atoms with E-state index >= 15 is 0 Å². The Labute approximate surface area is 211 Å². The van der Waals surface area contributed by atoms with Crippen LogP contribution in [0.4, 0.5) is 0 Å². The maximum atomic E-state index is 12.2. The normalized spacial score (nSPS) is 20.2. The van der Waals surface area contributed by atoms with Crippen molar-refractivity contribution in [3.63, 3.8) is 0 Å². The number of carbonyl (C=O) groups excluding carboxylic acids is 4. The molecule has 0 aliphatic carbocycles. The van der Waals surface area contributed by atoms with Crippen molar-refractivity contribution in [1.82, 2.24) is 4.90 Å². The van der Waals surface area contributed by atoms with E-state index in [2.05, 4.69) is 13.8 Å². The lowest BCUT2D eigenvalue weighted by Gasteiger charge is -2.53. The van der Waals surface area contributed by atoms with Gasteiger partial charge in [-0.15, -0.1) is 0 Å². The van der Waals surface area contributed by atoms with Gasteiger partial charge >= 0.3 is 17.9 Å². The molecule has 8 nitrogen and oxygen atoms in total. The van der Waals surface area contributed by atoms with Gasteiger partial charge in [0, 0.05) is 27.7 Å². The molecule has 1 aliphatic heterocycles. The maximum absolute atomic E-state index is 12.2. The highest BCUT2D eigenvalue weighted by molar-refractivity contribution is 5.76. The van der Waals surface area contributed by atoms with E-state index in [9.17, 15) is 19.2 Å². The first-order valence-electron chi connectivity index (χ1n) is 13.3. The predicted molar refractivity (Wildman–Crippen MR) is 133 cm³/mol. The SMILES string of the molecule is CC(=O)OC[C@H]1[C@H](OC(C)=O)[C@H](CCCCCCCCCC[C@@H](CC(C)C)OC(C)=O)N1C(C)=O. The number of nitrogens with zero attached hydrogens (tertiary/aromatic N) is 1. The number of rotatable bonds is 17. The van der Waals surface area contributed by atoms with Crippen LogP contribution in [0.5, 0.6) is 0 Å². The number of hydrogen-bond acceptors (Lipinski definition) is 7. The minimum absolute atomic E-state index is 0.0398. The second kappa shape index (κ2) is 16.5. The number of hydrogen-bond donors (Lipinski definition) is 0. The van der Waals surface area contributed by atoms with Crippen molar-refractivity contribution in [3.05, 3.63) is 0 Å². The third-order valence-corrected chi connectivity index (χ3v) is 6.44. The summed E-state index contributed by atoms with van der Waals surface area (Å²) >= 11 is 0. The standard InChI is InChI=1S/C27H47NO7/c1-19(2)17-24(34-22(5)31)15-13-11-9-7-8-10-12-14-16-25-27(35-23(6)32)26(18-33-21(4)30)28(25)20(3)29/h19,24-27H,7-18H2,1-6H3/t24-,25-,26-,27+/m0/s1. The molecule has 0 aromatic rings. The largest absolute Gasteiger partial charge is 0.464 e. The molecule has 0 radical (unpaired) electrons. The Kier molecular flexibility index (Phi) is 14.6. The van der Waals surface area contributed by atoms with Gasteiger partial charge in [0.1, 0.15) is 24.9 Å². The highest BCUT2D eigenvalue weighted by atomic mass is 16.6. The van der Waals surface area contributed by atoms with Crippen molar-refractivity contribution in [2.45, 2.75) is 136 Å². The lowest BCUT2D eigenvalue weighted by atomic mass is 9.85. The smallest absolute Gasteiger partial charge is 0.303 e.